The minimum absolute atomic E-state index is 0.201. The molecule has 0 bridgehead atoms. The lowest BCUT2D eigenvalue weighted by Gasteiger charge is -2.36. The number of carbonyl (C=O) groups is 4. The summed E-state index contributed by atoms with van der Waals surface area (Å²) in [5.74, 6) is -0.913. The fourth-order valence-corrected chi connectivity index (χ4v) is 6.25. The number of carbonyl (C=O) groups excluding carboxylic acids is 4. The molecule has 4 aromatic carbocycles. The highest BCUT2D eigenvalue weighted by atomic mass is 32.2. The predicted octanol–water partition coefficient (Wildman–Crippen LogP) is 8.96. The molecule has 1 amide bonds. The molecule has 0 unspecified atom stereocenters. The van der Waals surface area contributed by atoms with Gasteiger partial charge in [-0.3, -0.25) is 14.4 Å². The molecule has 1 N–H and O–H groups in total. The van der Waals surface area contributed by atoms with E-state index in [1.807, 2.05) is 45.0 Å². The number of fused-ring (bicyclic) bond motifs is 6. The van der Waals surface area contributed by atoms with Crippen molar-refractivity contribution in [1.29, 1.82) is 0 Å². The molecule has 296 valence electrons. The van der Waals surface area contributed by atoms with Crippen molar-refractivity contribution in [2.45, 2.75) is 72.8 Å². The second-order valence-corrected chi connectivity index (χ2v) is 16.0. The van der Waals surface area contributed by atoms with Gasteiger partial charge in [-0.15, -0.1) is 0 Å². The Labute approximate surface area is 332 Å². The van der Waals surface area contributed by atoms with E-state index in [0.717, 1.165) is 4.90 Å². The number of aryl methyl sites for hydroxylation is 1. The van der Waals surface area contributed by atoms with E-state index >= 15 is 0 Å². The van der Waals surface area contributed by atoms with Crippen LogP contribution < -0.4 is 19.5 Å². The van der Waals surface area contributed by atoms with Crippen LogP contribution in [-0.2, 0) is 28.8 Å². The Morgan fingerprint density at radius 2 is 1.27 bits per heavy atom. The Morgan fingerprint density at radius 3 is 1.82 bits per heavy atom. The van der Waals surface area contributed by atoms with Gasteiger partial charge in [0.1, 0.15) is 23.0 Å². The summed E-state index contributed by atoms with van der Waals surface area (Å²) < 4.78 is 35.1. The lowest BCUT2D eigenvalue weighted by atomic mass is 9.77. The summed E-state index contributed by atoms with van der Waals surface area (Å²) >= 11 is 1.28. The third-order valence-corrected chi connectivity index (χ3v) is 9.43. The predicted molar refractivity (Wildman–Crippen MR) is 212 cm³/mol. The van der Waals surface area contributed by atoms with Gasteiger partial charge < -0.3 is 33.2 Å². The topological polar surface area (TPSA) is 136 Å². The molecule has 0 aromatic heterocycles. The Bertz CT molecular complexity index is 2020. The molecule has 1 spiro atoms. The minimum Gasteiger partial charge on any atom is -0.456 e. The Balaban J connectivity index is 0.00000295. The van der Waals surface area contributed by atoms with Crippen molar-refractivity contribution in [3.05, 3.63) is 112 Å². The third-order valence-electron chi connectivity index (χ3n) is 8.68. The van der Waals surface area contributed by atoms with E-state index in [2.05, 4.69) is 5.32 Å². The van der Waals surface area contributed by atoms with Gasteiger partial charge in [-0.05, 0) is 97.0 Å². The smallest absolute Gasteiger partial charge is 0.340 e. The molecule has 2 aliphatic rings. The molecule has 6 rings (SSSR count). The van der Waals surface area contributed by atoms with Crippen LogP contribution in [0.3, 0.4) is 0 Å². The van der Waals surface area contributed by atoms with Crippen molar-refractivity contribution in [2.24, 2.45) is 10.8 Å². The Morgan fingerprint density at radius 1 is 0.714 bits per heavy atom. The van der Waals surface area contributed by atoms with Crippen molar-refractivity contribution in [3.63, 3.8) is 0 Å². The normalized spacial score (nSPS) is 13.6. The van der Waals surface area contributed by atoms with Crippen LogP contribution in [0.25, 0.3) is 0 Å². The molecule has 2 aliphatic heterocycles. The fraction of sp³-hybridized carbons (Fsp3) is 0.364. The maximum Gasteiger partial charge on any atom is 0.340 e. The first-order valence-electron chi connectivity index (χ1n) is 18.6. The first-order valence-corrected chi connectivity index (χ1v) is 19.3. The van der Waals surface area contributed by atoms with Gasteiger partial charge in [0.05, 0.1) is 36.2 Å². The van der Waals surface area contributed by atoms with Crippen molar-refractivity contribution in [2.75, 3.05) is 26.4 Å². The fourth-order valence-electron chi connectivity index (χ4n) is 5.71. The Kier molecular flexibility index (Phi) is 13.0. The van der Waals surface area contributed by atoms with E-state index in [1.54, 1.807) is 90.1 Å². The SMILES string of the molecule is CC.Cc1ccc(SOCCOCCNC(=O)c2ccc3c(c2)C(=O)OC32c3ccc(OC(=O)C(C)(C)C)cc3Oc3cc(OC(=O)C(C)(C)C)ccc32)cc1. The second kappa shape index (κ2) is 17.3. The zero-order chi connectivity index (χ0) is 40.8. The molecule has 0 aliphatic carbocycles. The van der Waals surface area contributed by atoms with E-state index in [9.17, 15) is 19.2 Å². The van der Waals surface area contributed by atoms with Crippen LogP contribution in [0, 0.1) is 17.8 Å². The molecule has 0 saturated heterocycles. The first kappa shape index (κ1) is 42.0. The van der Waals surface area contributed by atoms with Gasteiger partial charge in [-0.1, -0.05) is 37.6 Å². The average molecular weight is 784 g/mol. The zero-order valence-corrected chi connectivity index (χ0v) is 34.1. The summed E-state index contributed by atoms with van der Waals surface area (Å²) in [7, 11) is 0. The average Bonchev–Trinajstić information content (AvgIpc) is 3.44. The second-order valence-electron chi connectivity index (χ2n) is 15.1. The highest BCUT2D eigenvalue weighted by Crippen LogP contribution is 2.57. The molecule has 0 fully saturated rings. The monoisotopic (exact) mass is 783 g/mol. The maximum atomic E-state index is 13.7. The largest absolute Gasteiger partial charge is 0.456 e. The van der Waals surface area contributed by atoms with E-state index in [4.69, 9.17) is 27.9 Å². The summed E-state index contributed by atoms with van der Waals surface area (Å²) in [4.78, 5) is 53.4. The van der Waals surface area contributed by atoms with E-state index in [-0.39, 0.29) is 53.2 Å². The molecular weight excluding hydrogens is 735 g/mol. The van der Waals surface area contributed by atoms with Crippen LogP contribution in [0.15, 0.2) is 83.8 Å². The molecule has 12 heteroatoms. The molecule has 0 radical (unpaired) electrons. The van der Waals surface area contributed by atoms with Gasteiger partial charge in [0.15, 0.2) is 5.60 Å². The molecule has 0 saturated carbocycles. The number of esters is 3. The highest BCUT2D eigenvalue weighted by molar-refractivity contribution is 7.94. The number of ether oxygens (including phenoxy) is 5. The van der Waals surface area contributed by atoms with Crippen LogP contribution in [0.5, 0.6) is 23.0 Å². The highest BCUT2D eigenvalue weighted by Gasteiger charge is 2.54. The van der Waals surface area contributed by atoms with E-state index < -0.39 is 34.3 Å². The standard InChI is InChI=1S/C42H43NO10S.C2H6/c1-25-8-13-29(14-9-25)54-49-21-20-48-19-18-43-36(44)26-10-15-31-30(22-26)37(45)53-42(31)32-16-11-27(50-38(46)40(2,3)4)23-34(32)52-35-24-28(12-17-33(35)42)51-39(47)41(5,6)7;1-2/h8-17,22-24H,18-21H2,1-7H3,(H,43,44);1-2H3. The Hall–Kier alpha value is -5.17. The number of nitrogens with one attached hydrogen (secondary N) is 1. The van der Waals surface area contributed by atoms with Crippen LogP contribution in [0.2, 0.25) is 0 Å². The summed E-state index contributed by atoms with van der Waals surface area (Å²) in [6, 6.07) is 22.6. The van der Waals surface area contributed by atoms with Crippen LogP contribution in [-0.4, -0.2) is 50.2 Å². The number of amides is 1. The molecule has 2 heterocycles. The summed E-state index contributed by atoms with van der Waals surface area (Å²) in [6.45, 7) is 17.8. The maximum absolute atomic E-state index is 13.7. The summed E-state index contributed by atoms with van der Waals surface area (Å²) in [5.41, 5.74) is 0.0816. The minimum atomic E-state index is -1.49. The van der Waals surface area contributed by atoms with Gasteiger partial charge in [0.2, 0.25) is 0 Å². The summed E-state index contributed by atoms with van der Waals surface area (Å²) in [6.07, 6.45) is 0. The van der Waals surface area contributed by atoms with Gasteiger partial charge in [0, 0.05) is 57.9 Å². The molecular formula is C44H49NO10S. The van der Waals surface area contributed by atoms with Gasteiger partial charge >= 0.3 is 17.9 Å². The van der Waals surface area contributed by atoms with Crippen molar-refractivity contribution >= 4 is 35.9 Å². The van der Waals surface area contributed by atoms with Gasteiger partial charge in [0.25, 0.3) is 5.91 Å². The molecule has 4 aromatic rings. The quantitative estimate of drug-likeness (QED) is 0.0676. The van der Waals surface area contributed by atoms with Crippen LogP contribution in [0.4, 0.5) is 0 Å². The van der Waals surface area contributed by atoms with Gasteiger partial charge in [-0.25, -0.2) is 4.79 Å². The van der Waals surface area contributed by atoms with Crippen LogP contribution in [0.1, 0.15) is 98.4 Å². The molecule has 11 nitrogen and oxygen atoms in total. The summed E-state index contributed by atoms with van der Waals surface area (Å²) in [5, 5.41) is 2.83. The number of benzene rings is 4. The molecule has 56 heavy (non-hydrogen) atoms. The van der Waals surface area contributed by atoms with Gasteiger partial charge in [-0.2, -0.15) is 0 Å². The van der Waals surface area contributed by atoms with Crippen molar-refractivity contribution in [3.8, 4) is 23.0 Å². The van der Waals surface area contributed by atoms with E-state index in [1.165, 1.54) is 23.7 Å². The van der Waals surface area contributed by atoms with Crippen molar-refractivity contribution in [1.82, 2.24) is 5.32 Å². The van der Waals surface area contributed by atoms with E-state index in [0.29, 0.717) is 29.9 Å². The molecule has 0 atom stereocenters. The lowest BCUT2D eigenvalue weighted by Crippen LogP contribution is -2.33. The third kappa shape index (κ3) is 9.26. The number of hydrogen-bond acceptors (Lipinski definition) is 11. The van der Waals surface area contributed by atoms with Crippen LogP contribution >= 0.6 is 12.0 Å². The van der Waals surface area contributed by atoms with Crippen molar-refractivity contribution < 1.29 is 47.0 Å². The number of hydrogen-bond donors (Lipinski definition) is 1. The zero-order valence-electron chi connectivity index (χ0n) is 33.3. The lowest BCUT2D eigenvalue weighted by molar-refractivity contribution is -0.143. The first-order chi connectivity index (χ1) is 26.6. The number of rotatable bonds is 11.